The number of amides is 1. The molecule has 1 amide bonds. The Morgan fingerprint density at radius 3 is 2.41 bits per heavy atom. The second-order valence-electron chi connectivity index (χ2n) is 7.06. The molecule has 0 aliphatic carbocycles. The molecule has 3 rings (SSSR count). The predicted octanol–water partition coefficient (Wildman–Crippen LogP) is 3.50. The van der Waals surface area contributed by atoms with Crippen molar-refractivity contribution in [3.63, 3.8) is 0 Å². The number of fused-ring (bicyclic) bond motifs is 1. The van der Waals surface area contributed by atoms with E-state index in [-0.39, 0.29) is 24.2 Å². The molecule has 0 saturated heterocycles. The van der Waals surface area contributed by atoms with Crippen molar-refractivity contribution in [2.45, 2.75) is 31.9 Å². The highest BCUT2D eigenvalue weighted by molar-refractivity contribution is 5.78. The highest BCUT2D eigenvalue weighted by Gasteiger charge is 2.34. The third-order valence-electron chi connectivity index (χ3n) is 4.41. The van der Waals surface area contributed by atoms with Crippen LogP contribution in [0.2, 0.25) is 0 Å². The van der Waals surface area contributed by atoms with Crippen LogP contribution in [0.1, 0.15) is 31.9 Å². The average Bonchev–Trinajstić information content (AvgIpc) is 2.65. The van der Waals surface area contributed by atoms with E-state index in [9.17, 15) is 4.79 Å². The van der Waals surface area contributed by atoms with Gasteiger partial charge in [0.1, 0.15) is 28.6 Å². The Hall–Kier alpha value is -2.89. The van der Waals surface area contributed by atoms with Crippen LogP contribution in [0.15, 0.2) is 42.5 Å². The van der Waals surface area contributed by atoms with E-state index in [0.717, 1.165) is 11.3 Å². The first-order valence-corrected chi connectivity index (χ1v) is 8.83. The Morgan fingerprint density at radius 2 is 1.74 bits per heavy atom. The molecule has 1 N–H and O–H groups in total. The Morgan fingerprint density at radius 1 is 1.11 bits per heavy atom. The second kappa shape index (κ2) is 7.78. The first kappa shape index (κ1) is 18.9. The van der Waals surface area contributed by atoms with Crippen LogP contribution in [0, 0.1) is 0 Å². The number of carbonyl (C=O) groups excluding carboxylic acids is 1. The van der Waals surface area contributed by atoms with Gasteiger partial charge in [0, 0.05) is 30.2 Å². The lowest BCUT2D eigenvalue weighted by Gasteiger charge is -2.37. The Balaban J connectivity index is 1.66. The van der Waals surface area contributed by atoms with Crippen molar-refractivity contribution < 1.29 is 23.7 Å². The lowest BCUT2D eigenvalue weighted by Crippen LogP contribution is -2.42. The minimum Gasteiger partial charge on any atom is -0.496 e. The Labute approximate surface area is 159 Å². The molecule has 6 heteroatoms. The summed E-state index contributed by atoms with van der Waals surface area (Å²) in [5.41, 5.74) is 0.626. The maximum Gasteiger partial charge on any atom is 0.258 e. The average molecular weight is 371 g/mol. The van der Waals surface area contributed by atoms with Gasteiger partial charge in [-0.15, -0.1) is 0 Å². The number of para-hydroxylation sites is 1. The van der Waals surface area contributed by atoms with Crippen molar-refractivity contribution in [3.05, 3.63) is 48.0 Å². The van der Waals surface area contributed by atoms with Crippen LogP contribution >= 0.6 is 0 Å². The summed E-state index contributed by atoms with van der Waals surface area (Å²) in [4.78, 5) is 12.5. The summed E-state index contributed by atoms with van der Waals surface area (Å²) in [6.07, 6.45) is 0.683. The van der Waals surface area contributed by atoms with Crippen molar-refractivity contribution in [1.29, 1.82) is 0 Å². The molecule has 1 aliphatic rings. The fraction of sp³-hybridized carbons (Fsp3) is 0.381. The Bertz CT molecular complexity index is 796. The molecule has 27 heavy (non-hydrogen) atoms. The van der Waals surface area contributed by atoms with E-state index in [1.54, 1.807) is 32.4 Å². The first-order chi connectivity index (χ1) is 12.9. The molecule has 6 nitrogen and oxygen atoms in total. The maximum absolute atomic E-state index is 12.5. The summed E-state index contributed by atoms with van der Waals surface area (Å²) >= 11 is 0. The number of hydrogen-bond donors (Lipinski definition) is 1. The molecule has 0 bridgehead atoms. The number of nitrogens with one attached hydrogen (secondary N) is 1. The molecule has 1 atom stereocenters. The molecule has 0 unspecified atom stereocenters. The largest absolute Gasteiger partial charge is 0.496 e. The molecular formula is C21H25NO5. The third-order valence-corrected chi connectivity index (χ3v) is 4.41. The molecular weight excluding hydrogens is 346 g/mol. The van der Waals surface area contributed by atoms with Gasteiger partial charge >= 0.3 is 0 Å². The summed E-state index contributed by atoms with van der Waals surface area (Å²) < 4.78 is 22.1. The van der Waals surface area contributed by atoms with Crippen molar-refractivity contribution >= 4 is 5.91 Å². The number of hydrogen-bond acceptors (Lipinski definition) is 5. The second-order valence-corrected chi connectivity index (χ2v) is 7.06. The van der Waals surface area contributed by atoms with Crippen molar-refractivity contribution in [1.82, 2.24) is 5.32 Å². The van der Waals surface area contributed by atoms with Crippen molar-refractivity contribution in [2.24, 2.45) is 0 Å². The monoisotopic (exact) mass is 371 g/mol. The quantitative estimate of drug-likeness (QED) is 0.842. The first-order valence-electron chi connectivity index (χ1n) is 8.83. The van der Waals surface area contributed by atoms with Crippen LogP contribution in [0.25, 0.3) is 0 Å². The molecule has 0 aromatic heterocycles. The standard InChI is InChI=1S/C21H25NO5/c1-21(2)12-18(17-7-5-6-8-19(17)27-21)22-20(23)13-26-16-10-14(24-3)9-15(11-16)25-4/h5-11,18H,12-13H2,1-4H3,(H,22,23)/t18-/m0/s1. The van der Waals surface area contributed by atoms with Gasteiger partial charge in [-0.25, -0.2) is 0 Å². The van der Waals surface area contributed by atoms with Crippen molar-refractivity contribution in [2.75, 3.05) is 20.8 Å². The third kappa shape index (κ3) is 4.64. The van der Waals surface area contributed by atoms with Crippen LogP contribution < -0.4 is 24.3 Å². The van der Waals surface area contributed by atoms with E-state index >= 15 is 0 Å². The van der Waals surface area contributed by atoms with Gasteiger partial charge in [0.05, 0.1) is 20.3 Å². The summed E-state index contributed by atoms with van der Waals surface area (Å²) in [6, 6.07) is 12.8. The van der Waals surface area contributed by atoms with E-state index < -0.39 is 0 Å². The van der Waals surface area contributed by atoms with Gasteiger partial charge in [0.15, 0.2) is 6.61 Å². The van der Waals surface area contributed by atoms with E-state index in [1.807, 2.05) is 38.1 Å². The fourth-order valence-corrected chi connectivity index (χ4v) is 3.18. The summed E-state index contributed by atoms with van der Waals surface area (Å²) in [6.45, 7) is 3.93. The van der Waals surface area contributed by atoms with Gasteiger partial charge in [0.2, 0.25) is 0 Å². The SMILES string of the molecule is COc1cc(OC)cc(OCC(=O)N[C@H]2CC(C)(C)Oc3ccccc32)c1. The van der Waals surface area contributed by atoms with Gasteiger partial charge in [-0.05, 0) is 19.9 Å². The van der Waals surface area contributed by atoms with Gasteiger partial charge < -0.3 is 24.3 Å². The zero-order valence-corrected chi connectivity index (χ0v) is 16.1. The van der Waals surface area contributed by atoms with E-state index in [4.69, 9.17) is 18.9 Å². The summed E-state index contributed by atoms with van der Waals surface area (Å²) in [7, 11) is 3.13. The minimum absolute atomic E-state index is 0.101. The topological polar surface area (TPSA) is 66.0 Å². The molecule has 144 valence electrons. The van der Waals surface area contributed by atoms with E-state index in [2.05, 4.69) is 5.32 Å². The van der Waals surface area contributed by atoms with Crippen LogP contribution in [0.4, 0.5) is 0 Å². The lowest BCUT2D eigenvalue weighted by atomic mass is 9.90. The van der Waals surface area contributed by atoms with Gasteiger partial charge in [-0.1, -0.05) is 18.2 Å². The zero-order chi connectivity index (χ0) is 19.4. The molecule has 0 spiro atoms. The van der Waals surface area contributed by atoms with Gasteiger partial charge in [0.25, 0.3) is 5.91 Å². The number of methoxy groups -OCH3 is 2. The molecule has 1 heterocycles. The molecule has 0 radical (unpaired) electrons. The number of carbonyl (C=O) groups is 1. The molecule has 2 aromatic carbocycles. The fourth-order valence-electron chi connectivity index (χ4n) is 3.18. The van der Waals surface area contributed by atoms with Crippen molar-refractivity contribution in [3.8, 4) is 23.0 Å². The van der Waals surface area contributed by atoms with Crippen LogP contribution in [-0.2, 0) is 4.79 Å². The Kier molecular flexibility index (Phi) is 5.44. The number of ether oxygens (including phenoxy) is 4. The number of rotatable bonds is 6. The van der Waals surface area contributed by atoms with Gasteiger partial charge in [-0.3, -0.25) is 4.79 Å². The molecule has 0 fully saturated rings. The van der Waals surface area contributed by atoms with Gasteiger partial charge in [-0.2, -0.15) is 0 Å². The molecule has 1 aliphatic heterocycles. The number of benzene rings is 2. The molecule has 2 aromatic rings. The van der Waals surface area contributed by atoms with E-state index in [0.29, 0.717) is 23.7 Å². The maximum atomic E-state index is 12.5. The predicted molar refractivity (Wildman–Crippen MR) is 102 cm³/mol. The van der Waals surface area contributed by atoms with Crippen LogP contribution in [-0.4, -0.2) is 32.3 Å². The summed E-state index contributed by atoms with van der Waals surface area (Å²) in [5.74, 6) is 2.32. The lowest BCUT2D eigenvalue weighted by molar-refractivity contribution is -0.124. The molecule has 0 saturated carbocycles. The summed E-state index contributed by atoms with van der Waals surface area (Å²) in [5, 5.41) is 3.05. The van der Waals surface area contributed by atoms with E-state index in [1.165, 1.54) is 0 Å². The highest BCUT2D eigenvalue weighted by Crippen LogP contribution is 2.39. The zero-order valence-electron chi connectivity index (χ0n) is 16.1. The normalized spacial score (nSPS) is 17.3. The highest BCUT2D eigenvalue weighted by atomic mass is 16.5. The minimum atomic E-state index is -0.354. The van der Waals surface area contributed by atoms with Crippen LogP contribution in [0.5, 0.6) is 23.0 Å². The smallest absolute Gasteiger partial charge is 0.258 e. The van der Waals surface area contributed by atoms with Crippen LogP contribution in [0.3, 0.4) is 0 Å².